The summed E-state index contributed by atoms with van der Waals surface area (Å²) in [6.07, 6.45) is 1.39. The fourth-order valence-corrected chi connectivity index (χ4v) is 1.53. The molecule has 0 heterocycles. The third-order valence-electron chi connectivity index (χ3n) is 1.71. The molecule has 0 aliphatic heterocycles. The van der Waals surface area contributed by atoms with Crippen molar-refractivity contribution < 1.29 is 53.5 Å². The Hall–Kier alpha value is 0.120. The maximum Gasteiger partial charge on any atom is 1.00 e. The number of hydrogen-bond acceptors (Lipinski definition) is 4. The van der Waals surface area contributed by atoms with Gasteiger partial charge in [-0.15, -0.1) is 0 Å². The average molecular weight is 260 g/mol. The van der Waals surface area contributed by atoms with Gasteiger partial charge in [0, 0.05) is 12.0 Å². The van der Waals surface area contributed by atoms with Crippen LogP contribution in [0.5, 0.6) is 0 Å². The molecule has 16 heavy (non-hydrogen) atoms. The SMILES string of the molecule is C=C(C)C(=O)OC(CCCC)S(=O)(=O)O.[H-].[Na+]. The first-order valence-corrected chi connectivity index (χ1v) is 6.12. The maximum absolute atomic E-state index is 11.1. The van der Waals surface area contributed by atoms with Crippen LogP contribution >= 0.6 is 0 Å². The van der Waals surface area contributed by atoms with Crippen molar-refractivity contribution in [3.63, 3.8) is 0 Å². The van der Waals surface area contributed by atoms with E-state index in [-0.39, 0.29) is 43.0 Å². The molecular weight excluding hydrogens is 243 g/mol. The smallest absolute Gasteiger partial charge is 1.00 e. The maximum atomic E-state index is 11.1. The van der Waals surface area contributed by atoms with E-state index < -0.39 is 21.5 Å². The van der Waals surface area contributed by atoms with Gasteiger partial charge in [-0.05, 0) is 13.3 Å². The summed E-state index contributed by atoms with van der Waals surface area (Å²) in [7, 11) is -4.35. The van der Waals surface area contributed by atoms with Crippen molar-refractivity contribution >= 4 is 16.1 Å². The second-order valence-corrected chi connectivity index (χ2v) is 4.83. The minimum absolute atomic E-state index is 0. The minimum Gasteiger partial charge on any atom is -1.00 e. The Morgan fingerprint density at radius 1 is 1.56 bits per heavy atom. The van der Waals surface area contributed by atoms with Crippen molar-refractivity contribution in [2.24, 2.45) is 0 Å². The summed E-state index contributed by atoms with van der Waals surface area (Å²) >= 11 is 0. The monoisotopic (exact) mass is 260 g/mol. The Bertz CT molecular complexity index is 341. The van der Waals surface area contributed by atoms with Crippen LogP contribution in [0.1, 0.15) is 34.5 Å². The molecule has 5 nitrogen and oxygen atoms in total. The Morgan fingerprint density at radius 3 is 2.38 bits per heavy atom. The summed E-state index contributed by atoms with van der Waals surface area (Å²) in [5, 5.41) is 0. The quantitative estimate of drug-likeness (QED) is 0.276. The third kappa shape index (κ3) is 7.40. The van der Waals surface area contributed by atoms with Gasteiger partial charge in [-0.1, -0.05) is 19.9 Å². The van der Waals surface area contributed by atoms with Gasteiger partial charge < -0.3 is 6.16 Å². The molecule has 1 unspecified atom stereocenters. The van der Waals surface area contributed by atoms with Crippen LogP contribution in [0.25, 0.3) is 0 Å². The summed E-state index contributed by atoms with van der Waals surface area (Å²) < 4.78 is 35.1. The van der Waals surface area contributed by atoms with Crippen LogP contribution in [0.3, 0.4) is 0 Å². The Kier molecular flexibility index (Phi) is 9.53. The molecule has 0 aromatic rings. The standard InChI is InChI=1S/C9H16O5S.Na.H/c1-4-5-6-8(15(11,12)13)14-9(10)7(2)3;;/h8H,2,4-6H2,1,3H3,(H,11,12,13);;/q;+1;-1. The Morgan fingerprint density at radius 2 is 2.06 bits per heavy atom. The van der Waals surface area contributed by atoms with Gasteiger partial charge in [0.2, 0.25) is 5.44 Å². The predicted molar refractivity (Wildman–Crippen MR) is 56.9 cm³/mol. The summed E-state index contributed by atoms with van der Waals surface area (Å²) in [6.45, 7) is 6.59. The Labute approximate surface area is 120 Å². The summed E-state index contributed by atoms with van der Waals surface area (Å²) in [5.41, 5.74) is -1.39. The molecule has 0 aromatic heterocycles. The van der Waals surface area contributed by atoms with Crippen molar-refractivity contribution in [1.29, 1.82) is 0 Å². The number of unbranched alkanes of at least 4 members (excludes halogenated alkanes) is 1. The zero-order valence-corrected chi connectivity index (χ0v) is 12.7. The number of rotatable bonds is 6. The molecule has 1 N–H and O–H groups in total. The third-order valence-corrected chi connectivity index (χ3v) is 2.71. The second kappa shape index (κ2) is 8.25. The van der Waals surface area contributed by atoms with Crippen LogP contribution in [-0.4, -0.2) is 24.4 Å². The van der Waals surface area contributed by atoms with Gasteiger partial charge in [-0.3, -0.25) is 4.55 Å². The van der Waals surface area contributed by atoms with Crippen LogP contribution in [0.4, 0.5) is 0 Å². The van der Waals surface area contributed by atoms with E-state index in [9.17, 15) is 13.2 Å². The van der Waals surface area contributed by atoms with Gasteiger partial charge in [0.1, 0.15) is 0 Å². The first-order valence-electron chi connectivity index (χ1n) is 4.61. The first-order chi connectivity index (χ1) is 6.79. The molecule has 0 saturated carbocycles. The largest absolute Gasteiger partial charge is 1.00 e. The fraction of sp³-hybridized carbons (Fsp3) is 0.667. The molecule has 0 spiro atoms. The molecule has 7 heteroatoms. The normalized spacial score (nSPS) is 12.4. The predicted octanol–water partition coefficient (Wildman–Crippen LogP) is -1.37. The molecule has 0 aliphatic rings. The van der Waals surface area contributed by atoms with E-state index in [1.807, 2.05) is 6.92 Å². The fourth-order valence-electron chi connectivity index (χ4n) is 0.859. The molecule has 0 saturated heterocycles. The minimum atomic E-state index is -4.35. The van der Waals surface area contributed by atoms with Crippen LogP contribution < -0.4 is 29.6 Å². The molecule has 0 radical (unpaired) electrons. The average Bonchev–Trinajstić information content (AvgIpc) is 2.09. The number of hydrogen-bond donors (Lipinski definition) is 1. The molecule has 0 bridgehead atoms. The van der Waals surface area contributed by atoms with Gasteiger partial charge in [-0.2, -0.15) is 8.42 Å². The van der Waals surface area contributed by atoms with Crippen molar-refractivity contribution in [3.8, 4) is 0 Å². The van der Waals surface area contributed by atoms with Gasteiger partial charge >= 0.3 is 45.6 Å². The molecule has 0 fully saturated rings. The van der Waals surface area contributed by atoms with E-state index in [0.29, 0.717) is 6.42 Å². The van der Waals surface area contributed by atoms with Crippen LogP contribution in [0.15, 0.2) is 12.2 Å². The summed E-state index contributed by atoms with van der Waals surface area (Å²) in [5.74, 6) is -0.811. The molecule has 0 amide bonds. The molecule has 90 valence electrons. The summed E-state index contributed by atoms with van der Waals surface area (Å²) in [4.78, 5) is 11.1. The van der Waals surface area contributed by atoms with Crippen LogP contribution in [0, 0.1) is 0 Å². The van der Waals surface area contributed by atoms with Crippen LogP contribution in [0.2, 0.25) is 0 Å². The van der Waals surface area contributed by atoms with E-state index in [1.165, 1.54) is 6.92 Å². The van der Waals surface area contributed by atoms with Gasteiger partial charge in [-0.25, -0.2) is 4.79 Å². The van der Waals surface area contributed by atoms with E-state index in [4.69, 9.17) is 4.55 Å². The van der Waals surface area contributed by atoms with Crippen molar-refractivity contribution in [2.75, 3.05) is 0 Å². The van der Waals surface area contributed by atoms with E-state index in [1.54, 1.807) is 0 Å². The van der Waals surface area contributed by atoms with Gasteiger partial charge in [0.25, 0.3) is 0 Å². The Balaban J connectivity index is -0.000000980. The topological polar surface area (TPSA) is 80.7 Å². The number of carbonyl (C=O) groups excluding carboxylic acids is 1. The van der Waals surface area contributed by atoms with E-state index in [0.717, 1.165) is 6.42 Å². The van der Waals surface area contributed by atoms with Crippen LogP contribution in [-0.2, 0) is 19.6 Å². The number of carbonyl (C=O) groups is 1. The number of ether oxygens (including phenoxy) is 1. The van der Waals surface area contributed by atoms with E-state index in [2.05, 4.69) is 11.3 Å². The first kappa shape index (κ1) is 18.5. The van der Waals surface area contributed by atoms with Crippen molar-refractivity contribution in [1.82, 2.24) is 0 Å². The number of esters is 1. The van der Waals surface area contributed by atoms with Gasteiger partial charge in [0.15, 0.2) is 0 Å². The van der Waals surface area contributed by atoms with Crippen molar-refractivity contribution in [2.45, 2.75) is 38.5 Å². The van der Waals surface area contributed by atoms with E-state index >= 15 is 0 Å². The zero-order valence-electron chi connectivity index (χ0n) is 10.9. The summed E-state index contributed by atoms with van der Waals surface area (Å²) in [6, 6.07) is 0. The molecule has 1 atom stereocenters. The molecule has 0 aliphatic carbocycles. The molecule has 0 rings (SSSR count). The van der Waals surface area contributed by atoms with Crippen molar-refractivity contribution in [3.05, 3.63) is 12.2 Å². The molecular formula is C9H17NaO5S. The second-order valence-electron chi connectivity index (χ2n) is 3.27. The zero-order chi connectivity index (χ0) is 12.1. The van der Waals surface area contributed by atoms with Gasteiger partial charge in [0.05, 0.1) is 0 Å². The molecule has 0 aromatic carbocycles.